The normalized spacial score (nSPS) is 32.8. The maximum Gasteiger partial charge on any atom is 0.409 e. The summed E-state index contributed by atoms with van der Waals surface area (Å²) in [6.45, 7) is 6.93. The van der Waals surface area contributed by atoms with Gasteiger partial charge >= 0.3 is 12.1 Å². The number of rotatable bonds is 2. The number of methoxy groups -OCH3 is 1. The SMILES string of the molecule is COC(=O)N1CCN(C(=O)NC23CCC(C(C)C)(CC2)CC3)CC1. The van der Waals surface area contributed by atoms with Gasteiger partial charge < -0.3 is 19.9 Å². The first-order valence-electron chi connectivity index (χ1n) is 9.30. The summed E-state index contributed by atoms with van der Waals surface area (Å²) in [6, 6.07) is 0.0402. The average molecular weight is 337 g/mol. The number of fused-ring (bicyclic) bond motifs is 3. The van der Waals surface area contributed by atoms with Gasteiger partial charge in [0.2, 0.25) is 0 Å². The van der Waals surface area contributed by atoms with Crippen molar-refractivity contribution >= 4 is 12.1 Å². The minimum absolute atomic E-state index is 0.00715. The van der Waals surface area contributed by atoms with Crippen molar-refractivity contribution in [3.8, 4) is 0 Å². The molecule has 4 fully saturated rings. The van der Waals surface area contributed by atoms with E-state index < -0.39 is 0 Å². The lowest BCUT2D eigenvalue weighted by Crippen LogP contribution is -2.61. The molecule has 0 aromatic carbocycles. The van der Waals surface area contributed by atoms with Gasteiger partial charge in [0, 0.05) is 31.7 Å². The molecule has 1 N–H and O–H groups in total. The maximum atomic E-state index is 12.7. The summed E-state index contributed by atoms with van der Waals surface area (Å²) in [7, 11) is 1.39. The van der Waals surface area contributed by atoms with Gasteiger partial charge in [-0.25, -0.2) is 9.59 Å². The van der Waals surface area contributed by atoms with Crippen LogP contribution in [0.1, 0.15) is 52.4 Å². The molecule has 3 aliphatic carbocycles. The Labute approximate surface area is 144 Å². The number of ether oxygens (including phenoxy) is 1. The van der Waals surface area contributed by atoms with E-state index in [1.54, 1.807) is 4.90 Å². The molecule has 6 heteroatoms. The summed E-state index contributed by atoms with van der Waals surface area (Å²) in [5.41, 5.74) is 0.520. The van der Waals surface area contributed by atoms with Crippen LogP contribution < -0.4 is 5.32 Å². The number of amides is 3. The van der Waals surface area contributed by atoms with Gasteiger partial charge in [-0.05, 0) is 49.9 Å². The summed E-state index contributed by atoms with van der Waals surface area (Å²) in [6.07, 6.45) is 6.73. The van der Waals surface area contributed by atoms with Crippen molar-refractivity contribution in [2.75, 3.05) is 33.3 Å². The molecule has 0 atom stereocenters. The fraction of sp³-hybridized carbons (Fsp3) is 0.889. The van der Waals surface area contributed by atoms with E-state index in [0.29, 0.717) is 31.6 Å². The fourth-order valence-electron chi connectivity index (χ4n) is 4.80. The number of nitrogens with zero attached hydrogens (tertiary/aromatic N) is 2. The van der Waals surface area contributed by atoms with E-state index in [4.69, 9.17) is 4.74 Å². The van der Waals surface area contributed by atoms with E-state index in [0.717, 1.165) is 25.2 Å². The van der Waals surface area contributed by atoms with E-state index >= 15 is 0 Å². The van der Waals surface area contributed by atoms with Crippen LogP contribution in [0.3, 0.4) is 0 Å². The zero-order valence-corrected chi connectivity index (χ0v) is 15.3. The van der Waals surface area contributed by atoms with Crippen molar-refractivity contribution in [2.24, 2.45) is 11.3 Å². The number of piperazine rings is 1. The third kappa shape index (κ3) is 3.07. The Morgan fingerprint density at radius 1 is 0.917 bits per heavy atom. The molecule has 4 aliphatic rings. The van der Waals surface area contributed by atoms with E-state index in [1.807, 2.05) is 4.90 Å². The minimum atomic E-state index is -0.307. The van der Waals surface area contributed by atoms with E-state index in [9.17, 15) is 9.59 Å². The lowest BCUT2D eigenvalue weighted by atomic mass is 9.53. The summed E-state index contributed by atoms with van der Waals surface area (Å²) in [5, 5.41) is 3.36. The summed E-state index contributed by atoms with van der Waals surface area (Å²) >= 11 is 0. The first-order chi connectivity index (χ1) is 11.4. The Morgan fingerprint density at radius 3 is 1.88 bits per heavy atom. The minimum Gasteiger partial charge on any atom is -0.453 e. The number of hydrogen-bond acceptors (Lipinski definition) is 3. The molecule has 3 saturated carbocycles. The molecular weight excluding hydrogens is 306 g/mol. The van der Waals surface area contributed by atoms with Gasteiger partial charge in [0.05, 0.1) is 7.11 Å². The van der Waals surface area contributed by atoms with Gasteiger partial charge in [0.1, 0.15) is 0 Å². The first-order valence-corrected chi connectivity index (χ1v) is 9.30. The molecular formula is C18H31N3O3. The van der Waals surface area contributed by atoms with Crippen molar-refractivity contribution in [3.63, 3.8) is 0 Å². The predicted molar refractivity (Wildman–Crippen MR) is 91.8 cm³/mol. The largest absolute Gasteiger partial charge is 0.453 e. The quantitative estimate of drug-likeness (QED) is 0.843. The molecule has 3 amide bonds. The summed E-state index contributed by atoms with van der Waals surface area (Å²) < 4.78 is 4.74. The molecule has 2 bridgehead atoms. The third-order valence-corrected chi connectivity index (χ3v) is 6.90. The van der Waals surface area contributed by atoms with Crippen molar-refractivity contribution in [2.45, 2.75) is 57.9 Å². The highest BCUT2D eigenvalue weighted by molar-refractivity contribution is 5.76. The van der Waals surface area contributed by atoms with Gasteiger partial charge in [-0.2, -0.15) is 0 Å². The summed E-state index contributed by atoms with van der Waals surface area (Å²) in [5.74, 6) is 0.734. The second-order valence-electron chi connectivity index (χ2n) is 8.17. The number of nitrogens with one attached hydrogen (secondary N) is 1. The Morgan fingerprint density at radius 2 is 1.42 bits per heavy atom. The highest BCUT2D eigenvalue weighted by atomic mass is 16.5. The van der Waals surface area contributed by atoms with Crippen LogP contribution >= 0.6 is 0 Å². The molecule has 1 heterocycles. The van der Waals surface area contributed by atoms with Gasteiger partial charge in [-0.3, -0.25) is 0 Å². The Kier molecular flexibility index (Phi) is 4.67. The van der Waals surface area contributed by atoms with Crippen LogP contribution in [0.2, 0.25) is 0 Å². The van der Waals surface area contributed by atoms with Crippen LogP contribution in [-0.2, 0) is 4.74 Å². The topological polar surface area (TPSA) is 61.9 Å². The van der Waals surface area contributed by atoms with Crippen LogP contribution in [0, 0.1) is 11.3 Å². The van der Waals surface area contributed by atoms with Gasteiger partial charge in [0.25, 0.3) is 0 Å². The lowest BCUT2D eigenvalue weighted by molar-refractivity contribution is -0.00800. The van der Waals surface area contributed by atoms with Crippen LogP contribution in [0.4, 0.5) is 9.59 Å². The predicted octanol–water partition coefficient (Wildman–Crippen LogP) is 2.83. The molecule has 6 nitrogen and oxygen atoms in total. The van der Waals surface area contributed by atoms with Gasteiger partial charge in [0.15, 0.2) is 0 Å². The highest BCUT2D eigenvalue weighted by Crippen LogP contribution is 2.55. The number of urea groups is 1. The standard InChI is InChI=1S/C18H31N3O3/c1-14(2)17-4-7-18(8-5-17,9-6-17)19-15(22)20-10-12-21(13-11-20)16(23)24-3/h14H,4-13H2,1-3H3,(H,19,22). The molecule has 0 spiro atoms. The second kappa shape index (κ2) is 6.45. The van der Waals surface area contributed by atoms with Crippen molar-refractivity contribution in [3.05, 3.63) is 0 Å². The smallest absolute Gasteiger partial charge is 0.409 e. The molecule has 0 radical (unpaired) electrons. The summed E-state index contributed by atoms with van der Waals surface area (Å²) in [4.78, 5) is 27.7. The molecule has 0 aromatic heterocycles. The molecule has 0 aromatic rings. The molecule has 4 rings (SSSR count). The van der Waals surface area contributed by atoms with Crippen molar-refractivity contribution in [1.29, 1.82) is 0 Å². The molecule has 1 saturated heterocycles. The van der Waals surface area contributed by atoms with Crippen LogP contribution in [0.15, 0.2) is 0 Å². The average Bonchev–Trinajstić information content (AvgIpc) is 2.62. The monoisotopic (exact) mass is 337 g/mol. The van der Waals surface area contributed by atoms with Gasteiger partial charge in [-0.1, -0.05) is 13.8 Å². The fourth-order valence-corrected chi connectivity index (χ4v) is 4.80. The molecule has 24 heavy (non-hydrogen) atoms. The maximum absolute atomic E-state index is 12.7. The van der Waals surface area contributed by atoms with Crippen molar-refractivity contribution in [1.82, 2.24) is 15.1 Å². The van der Waals surface area contributed by atoms with E-state index in [2.05, 4.69) is 19.2 Å². The Bertz CT molecular complexity index is 473. The van der Waals surface area contributed by atoms with E-state index in [-0.39, 0.29) is 17.7 Å². The van der Waals surface area contributed by atoms with Crippen LogP contribution in [0.25, 0.3) is 0 Å². The number of carbonyl (C=O) groups is 2. The Balaban J connectivity index is 1.53. The second-order valence-corrected chi connectivity index (χ2v) is 8.17. The number of hydrogen-bond donors (Lipinski definition) is 1. The first kappa shape index (κ1) is 17.4. The zero-order chi connectivity index (χ0) is 17.4. The van der Waals surface area contributed by atoms with Crippen molar-refractivity contribution < 1.29 is 14.3 Å². The Hall–Kier alpha value is -1.46. The van der Waals surface area contributed by atoms with Crippen LogP contribution in [0.5, 0.6) is 0 Å². The molecule has 1 aliphatic heterocycles. The van der Waals surface area contributed by atoms with Crippen LogP contribution in [-0.4, -0.2) is 60.8 Å². The molecule has 136 valence electrons. The highest BCUT2D eigenvalue weighted by Gasteiger charge is 2.50. The number of carbonyl (C=O) groups excluding carboxylic acids is 2. The molecule has 0 unspecified atom stereocenters. The van der Waals surface area contributed by atoms with Gasteiger partial charge in [-0.15, -0.1) is 0 Å². The lowest BCUT2D eigenvalue weighted by Gasteiger charge is -2.56. The van der Waals surface area contributed by atoms with E-state index in [1.165, 1.54) is 26.4 Å². The third-order valence-electron chi connectivity index (χ3n) is 6.90. The zero-order valence-electron chi connectivity index (χ0n) is 15.3.